The van der Waals surface area contributed by atoms with E-state index in [9.17, 15) is 4.79 Å². The molecule has 1 unspecified atom stereocenters. The van der Waals surface area contributed by atoms with Gasteiger partial charge in [-0.3, -0.25) is 4.79 Å². The van der Waals surface area contributed by atoms with Crippen LogP contribution in [0, 0.1) is 0 Å². The average Bonchev–Trinajstić information content (AvgIpc) is 2.57. The number of nitrogen functional groups attached to an aromatic ring is 1. The van der Waals surface area contributed by atoms with E-state index in [0.29, 0.717) is 24.4 Å². The van der Waals surface area contributed by atoms with Crippen molar-refractivity contribution in [2.24, 2.45) is 0 Å². The Hall–Kier alpha value is -2.49. The molecule has 1 heterocycles. The van der Waals surface area contributed by atoms with Crippen LogP contribution < -0.4 is 15.4 Å². The predicted octanol–water partition coefficient (Wildman–Crippen LogP) is 3.41. The quantitative estimate of drug-likeness (QED) is 0.861. The fourth-order valence-electron chi connectivity index (χ4n) is 2.92. The molecule has 3 rings (SSSR count). The van der Waals surface area contributed by atoms with Gasteiger partial charge in [0.05, 0.1) is 5.69 Å². The predicted molar refractivity (Wildman–Crippen MR) is 92.7 cm³/mol. The summed E-state index contributed by atoms with van der Waals surface area (Å²) < 4.78 is 5.80. The molecule has 2 aromatic carbocycles. The average molecular weight is 310 g/mol. The van der Waals surface area contributed by atoms with Gasteiger partial charge in [-0.05, 0) is 37.0 Å². The number of hydrogen-bond acceptors (Lipinski definition) is 3. The molecule has 1 aliphatic heterocycles. The molecule has 0 saturated heterocycles. The lowest BCUT2D eigenvalue weighted by molar-refractivity contribution is -0.126. The number of nitrogens with two attached hydrogens (primary N) is 1. The first-order valence-electron chi connectivity index (χ1n) is 8.10. The molecule has 23 heavy (non-hydrogen) atoms. The molecule has 0 aromatic heterocycles. The molecule has 4 heteroatoms. The molecule has 1 amide bonds. The van der Waals surface area contributed by atoms with Crippen molar-refractivity contribution in [1.82, 2.24) is 0 Å². The number of carbonyl (C=O) groups excluding carboxylic acids is 1. The third-order valence-electron chi connectivity index (χ3n) is 4.15. The van der Waals surface area contributed by atoms with Gasteiger partial charge in [0.25, 0.3) is 5.91 Å². The lowest BCUT2D eigenvalue weighted by atomic mass is 10.1. The Bertz CT molecular complexity index is 685. The number of ether oxygens (including phenoxy) is 1. The molecule has 2 N–H and O–H groups in total. The van der Waals surface area contributed by atoms with E-state index in [1.165, 1.54) is 5.56 Å². The Kier molecular flexibility index (Phi) is 4.51. The van der Waals surface area contributed by atoms with Crippen LogP contribution in [-0.2, 0) is 11.2 Å². The molecule has 0 radical (unpaired) electrons. The standard InChI is InChI=1S/C19H22N2O2/c1-2-17-19(22)21(12-6-9-14-7-4-3-5-8-14)16-11-10-15(20)13-18(16)23-17/h3-5,7-8,10-11,13,17H,2,6,9,12,20H2,1H3. The van der Waals surface area contributed by atoms with Crippen LogP contribution in [0.15, 0.2) is 48.5 Å². The number of nitrogens with zero attached hydrogens (tertiary/aromatic N) is 1. The Morgan fingerprint density at radius 2 is 1.96 bits per heavy atom. The lowest BCUT2D eigenvalue weighted by Crippen LogP contribution is -2.46. The van der Waals surface area contributed by atoms with E-state index in [1.807, 2.05) is 42.2 Å². The SMILES string of the molecule is CCC1Oc2cc(N)ccc2N(CCCc2ccccc2)C1=O. The molecular weight excluding hydrogens is 288 g/mol. The highest BCUT2D eigenvalue weighted by atomic mass is 16.5. The van der Waals surface area contributed by atoms with Crippen molar-refractivity contribution >= 4 is 17.3 Å². The molecule has 0 saturated carbocycles. The first kappa shape index (κ1) is 15.4. The maximum Gasteiger partial charge on any atom is 0.268 e. The van der Waals surface area contributed by atoms with E-state index < -0.39 is 6.10 Å². The van der Waals surface area contributed by atoms with Gasteiger partial charge in [-0.2, -0.15) is 0 Å². The van der Waals surface area contributed by atoms with E-state index in [2.05, 4.69) is 12.1 Å². The Morgan fingerprint density at radius 3 is 2.70 bits per heavy atom. The van der Waals surface area contributed by atoms with Gasteiger partial charge in [-0.25, -0.2) is 0 Å². The van der Waals surface area contributed by atoms with Crippen molar-refractivity contribution < 1.29 is 9.53 Å². The number of hydrogen-bond donors (Lipinski definition) is 1. The van der Waals surface area contributed by atoms with Crippen molar-refractivity contribution in [3.8, 4) is 5.75 Å². The first-order valence-corrected chi connectivity index (χ1v) is 8.10. The number of fused-ring (bicyclic) bond motifs is 1. The monoisotopic (exact) mass is 310 g/mol. The van der Waals surface area contributed by atoms with Gasteiger partial charge in [-0.15, -0.1) is 0 Å². The Labute approximate surface area is 136 Å². The lowest BCUT2D eigenvalue weighted by Gasteiger charge is -2.34. The minimum atomic E-state index is -0.416. The van der Waals surface area contributed by atoms with E-state index in [-0.39, 0.29) is 5.91 Å². The summed E-state index contributed by atoms with van der Waals surface area (Å²) in [5.74, 6) is 0.744. The minimum absolute atomic E-state index is 0.0397. The molecule has 2 aromatic rings. The normalized spacial score (nSPS) is 16.8. The summed E-state index contributed by atoms with van der Waals surface area (Å²) in [6.45, 7) is 2.65. The zero-order chi connectivity index (χ0) is 16.2. The van der Waals surface area contributed by atoms with Crippen molar-refractivity contribution in [2.75, 3.05) is 17.2 Å². The second-order valence-corrected chi connectivity index (χ2v) is 5.82. The maximum absolute atomic E-state index is 12.6. The second-order valence-electron chi connectivity index (χ2n) is 5.82. The van der Waals surface area contributed by atoms with Crippen molar-refractivity contribution in [3.05, 3.63) is 54.1 Å². The zero-order valence-corrected chi connectivity index (χ0v) is 13.4. The first-order chi connectivity index (χ1) is 11.2. The van der Waals surface area contributed by atoms with Crippen molar-refractivity contribution in [3.63, 3.8) is 0 Å². The maximum atomic E-state index is 12.6. The van der Waals surface area contributed by atoms with Crippen LogP contribution in [0.5, 0.6) is 5.75 Å². The molecule has 0 aliphatic carbocycles. The van der Waals surface area contributed by atoms with Crippen LogP contribution in [0.4, 0.5) is 11.4 Å². The number of aryl methyl sites for hydroxylation is 1. The highest BCUT2D eigenvalue weighted by Gasteiger charge is 2.32. The molecule has 120 valence electrons. The van der Waals surface area contributed by atoms with Gasteiger partial charge < -0.3 is 15.4 Å². The number of amides is 1. The van der Waals surface area contributed by atoms with Crippen LogP contribution in [0.1, 0.15) is 25.3 Å². The number of anilines is 2. The van der Waals surface area contributed by atoms with Crippen LogP contribution in [0.2, 0.25) is 0 Å². The van der Waals surface area contributed by atoms with Crippen LogP contribution in [0.25, 0.3) is 0 Å². The van der Waals surface area contributed by atoms with Crippen molar-refractivity contribution in [1.29, 1.82) is 0 Å². The van der Waals surface area contributed by atoms with E-state index in [4.69, 9.17) is 10.5 Å². The minimum Gasteiger partial charge on any atom is -0.478 e. The van der Waals surface area contributed by atoms with Gasteiger partial charge in [0.2, 0.25) is 0 Å². The van der Waals surface area contributed by atoms with Gasteiger partial charge in [0.1, 0.15) is 5.75 Å². The Balaban J connectivity index is 1.75. The summed E-state index contributed by atoms with van der Waals surface area (Å²) in [7, 11) is 0. The highest BCUT2D eigenvalue weighted by Crippen LogP contribution is 2.36. The van der Waals surface area contributed by atoms with E-state index in [0.717, 1.165) is 18.5 Å². The summed E-state index contributed by atoms with van der Waals surface area (Å²) in [6, 6.07) is 15.8. The van der Waals surface area contributed by atoms with E-state index >= 15 is 0 Å². The van der Waals surface area contributed by atoms with Gasteiger partial charge in [0, 0.05) is 18.3 Å². The highest BCUT2D eigenvalue weighted by molar-refractivity contribution is 6.00. The fraction of sp³-hybridized carbons (Fsp3) is 0.316. The molecular formula is C19H22N2O2. The molecule has 0 fully saturated rings. The Morgan fingerprint density at radius 1 is 1.17 bits per heavy atom. The topological polar surface area (TPSA) is 55.6 Å². The van der Waals surface area contributed by atoms with Gasteiger partial charge >= 0.3 is 0 Å². The summed E-state index contributed by atoms with van der Waals surface area (Å²) in [6.07, 6.45) is 2.10. The molecule has 0 spiro atoms. The number of rotatable bonds is 5. The molecule has 4 nitrogen and oxygen atoms in total. The number of benzene rings is 2. The van der Waals surface area contributed by atoms with Crippen LogP contribution in [-0.4, -0.2) is 18.6 Å². The van der Waals surface area contributed by atoms with E-state index in [1.54, 1.807) is 6.07 Å². The van der Waals surface area contributed by atoms with Crippen molar-refractivity contribution in [2.45, 2.75) is 32.3 Å². The van der Waals surface area contributed by atoms with Gasteiger partial charge in [0.15, 0.2) is 6.10 Å². The summed E-state index contributed by atoms with van der Waals surface area (Å²) >= 11 is 0. The fourth-order valence-corrected chi connectivity index (χ4v) is 2.92. The molecule has 1 atom stereocenters. The third-order valence-corrected chi connectivity index (χ3v) is 4.15. The second kappa shape index (κ2) is 6.73. The van der Waals surface area contributed by atoms with Gasteiger partial charge in [-0.1, -0.05) is 37.3 Å². The number of carbonyl (C=O) groups is 1. The third kappa shape index (κ3) is 3.31. The molecule has 1 aliphatic rings. The molecule has 0 bridgehead atoms. The largest absolute Gasteiger partial charge is 0.478 e. The van der Waals surface area contributed by atoms with Crippen LogP contribution >= 0.6 is 0 Å². The van der Waals surface area contributed by atoms with Crippen LogP contribution in [0.3, 0.4) is 0 Å². The zero-order valence-electron chi connectivity index (χ0n) is 13.4. The summed E-state index contributed by atoms with van der Waals surface area (Å²) in [5, 5.41) is 0. The summed E-state index contributed by atoms with van der Waals surface area (Å²) in [4.78, 5) is 14.5. The summed E-state index contributed by atoms with van der Waals surface area (Å²) in [5.41, 5.74) is 8.60. The smallest absolute Gasteiger partial charge is 0.268 e.